The molecule has 1 aromatic rings. The summed E-state index contributed by atoms with van der Waals surface area (Å²) in [5.41, 5.74) is 0. The van der Waals surface area contributed by atoms with Crippen molar-refractivity contribution in [1.29, 1.82) is 0 Å². The van der Waals surface area contributed by atoms with E-state index in [4.69, 9.17) is 4.42 Å². The molecule has 19 heavy (non-hydrogen) atoms. The number of hydrogen-bond donors (Lipinski definition) is 3. The van der Waals surface area contributed by atoms with E-state index in [2.05, 4.69) is 10.6 Å². The summed E-state index contributed by atoms with van der Waals surface area (Å²) in [6, 6.07) is 3.04. The highest BCUT2D eigenvalue weighted by Gasteiger charge is 2.18. The molecule has 3 N–H and O–H groups in total. The number of amides is 3. The lowest BCUT2D eigenvalue weighted by atomic mass is 10.1. The first-order valence-corrected chi connectivity index (χ1v) is 6.67. The van der Waals surface area contributed by atoms with Gasteiger partial charge in [-0.15, -0.1) is 0 Å². The number of furan rings is 1. The number of piperidine rings is 1. The third-order valence-electron chi connectivity index (χ3n) is 3.23. The number of quaternary nitrogens is 1. The molecule has 1 aliphatic heterocycles. The second-order valence-corrected chi connectivity index (χ2v) is 4.80. The highest BCUT2D eigenvalue weighted by atomic mass is 16.3. The molecule has 1 fully saturated rings. The van der Waals surface area contributed by atoms with Crippen molar-refractivity contribution in [3.63, 3.8) is 0 Å². The van der Waals surface area contributed by atoms with Gasteiger partial charge in [-0.1, -0.05) is 0 Å². The van der Waals surface area contributed by atoms with Crippen LogP contribution in [0.2, 0.25) is 0 Å². The minimum Gasteiger partial charge on any atom is -0.467 e. The summed E-state index contributed by atoms with van der Waals surface area (Å²) >= 11 is 0. The summed E-state index contributed by atoms with van der Waals surface area (Å²) in [5.74, 6) is 0.429. The van der Waals surface area contributed by atoms with Crippen LogP contribution in [0.15, 0.2) is 22.8 Å². The van der Waals surface area contributed by atoms with Gasteiger partial charge in [-0.05, 0) is 31.4 Å². The van der Waals surface area contributed by atoms with Crippen molar-refractivity contribution in [2.24, 2.45) is 0 Å². The number of imide groups is 1. The van der Waals surface area contributed by atoms with Gasteiger partial charge in [0, 0.05) is 0 Å². The van der Waals surface area contributed by atoms with E-state index in [9.17, 15) is 9.59 Å². The Bertz CT molecular complexity index is 411. The van der Waals surface area contributed by atoms with E-state index in [0.717, 1.165) is 25.9 Å². The fraction of sp³-hybridized carbons (Fsp3) is 0.538. The Morgan fingerprint density at radius 1 is 1.26 bits per heavy atom. The maximum Gasteiger partial charge on any atom is 0.321 e. The number of nitrogens with one attached hydrogen (secondary N) is 3. The lowest BCUT2D eigenvalue weighted by Crippen LogP contribution is -3.14. The van der Waals surface area contributed by atoms with Crippen LogP contribution in [0.1, 0.15) is 25.0 Å². The van der Waals surface area contributed by atoms with E-state index in [0.29, 0.717) is 12.3 Å². The molecule has 0 aromatic carbocycles. The molecule has 2 heterocycles. The molecule has 0 bridgehead atoms. The van der Waals surface area contributed by atoms with Gasteiger partial charge in [0.1, 0.15) is 5.76 Å². The molecule has 1 saturated heterocycles. The van der Waals surface area contributed by atoms with Crippen LogP contribution in [-0.4, -0.2) is 31.6 Å². The molecule has 0 radical (unpaired) electrons. The Morgan fingerprint density at radius 2 is 2.05 bits per heavy atom. The number of urea groups is 1. The van der Waals surface area contributed by atoms with Crippen LogP contribution < -0.4 is 15.5 Å². The second kappa shape index (κ2) is 6.94. The van der Waals surface area contributed by atoms with Crippen molar-refractivity contribution in [3.05, 3.63) is 24.2 Å². The predicted octanol–water partition coefficient (Wildman–Crippen LogP) is -0.326. The van der Waals surface area contributed by atoms with Gasteiger partial charge in [-0.3, -0.25) is 10.1 Å². The van der Waals surface area contributed by atoms with Crippen LogP contribution in [-0.2, 0) is 11.3 Å². The number of likely N-dealkylation sites (tertiary alicyclic amines) is 1. The lowest BCUT2D eigenvalue weighted by Gasteiger charge is -2.22. The molecule has 1 aliphatic rings. The molecule has 0 spiro atoms. The molecule has 6 nitrogen and oxygen atoms in total. The van der Waals surface area contributed by atoms with Crippen molar-refractivity contribution in [1.82, 2.24) is 10.6 Å². The summed E-state index contributed by atoms with van der Waals surface area (Å²) in [5, 5.41) is 4.92. The number of rotatable bonds is 4. The average molecular weight is 266 g/mol. The Labute approximate surface area is 112 Å². The fourth-order valence-electron chi connectivity index (χ4n) is 2.25. The van der Waals surface area contributed by atoms with E-state index in [-0.39, 0.29) is 12.5 Å². The van der Waals surface area contributed by atoms with Crippen LogP contribution in [0.25, 0.3) is 0 Å². The zero-order valence-corrected chi connectivity index (χ0v) is 10.9. The van der Waals surface area contributed by atoms with Crippen molar-refractivity contribution in [2.75, 3.05) is 19.6 Å². The SMILES string of the molecule is O=C(C[NH+]1CCCCC1)NC(=O)NCc1ccco1. The van der Waals surface area contributed by atoms with Gasteiger partial charge in [0.2, 0.25) is 0 Å². The van der Waals surface area contributed by atoms with Gasteiger partial charge in [-0.25, -0.2) is 4.79 Å². The summed E-state index contributed by atoms with van der Waals surface area (Å²) in [6.45, 7) is 2.68. The molecule has 6 heteroatoms. The van der Waals surface area contributed by atoms with Crippen LogP contribution in [0.3, 0.4) is 0 Å². The zero-order chi connectivity index (χ0) is 13.5. The quantitative estimate of drug-likeness (QED) is 0.699. The first-order chi connectivity index (χ1) is 9.24. The van der Waals surface area contributed by atoms with Gasteiger partial charge < -0.3 is 14.6 Å². The molecule has 1 aromatic heterocycles. The van der Waals surface area contributed by atoms with Gasteiger partial charge in [-0.2, -0.15) is 0 Å². The normalized spacial score (nSPS) is 16.0. The number of carbonyl (C=O) groups is 2. The van der Waals surface area contributed by atoms with E-state index in [1.54, 1.807) is 18.4 Å². The fourth-order valence-corrected chi connectivity index (χ4v) is 2.25. The third-order valence-corrected chi connectivity index (χ3v) is 3.23. The first-order valence-electron chi connectivity index (χ1n) is 6.67. The lowest BCUT2D eigenvalue weighted by molar-refractivity contribution is -0.896. The molecular formula is C13H20N3O3+. The molecule has 2 rings (SSSR count). The summed E-state index contributed by atoms with van der Waals surface area (Å²) in [4.78, 5) is 24.4. The highest BCUT2D eigenvalue weighted by molar-refractivity contribution is 5.94. The Morgan fingerprint density at radius 3 is 2.74 bits per heavy atom. The topological polar surface area (TPSA) is 75.8 Å². The second-order valence-electron chi connectivity index (χ2n) is 4.80. The molecule has 0 atom stereocenters. The molecule has 0 aliphatic carbocycles. The average Bonchev–Trinajstić information content (AvgIpc) is 2.90. The standard InChI is InChI=1S/C13H19N3O3/c17-12(10-16-6-2-1-3-7-16)15-13(18)14-9-11-5-4-8-19-11/h4-5,8H,1-3,6-7,9-10H2,(H2,14,15,17,18)/p+1. The summed E-state index contributed by atoms with van der Waals surface area (Å²) < 4.78 is 5.08. The van der Waals surface area contributed by atoms with E-state index < -0.39 is 6.03 Å². The monoisotopic (exact) mass is 266 g/mol. The Hall–Kier alpha value is -1.82. The largest absolute Gasteiger partial charge is 0.467 e. The Balaban J connectivity index is 1.65. The van der Waals surface area contributed by atoms with Gasteiger partial charge in [0.25, 0.3) is 5.91 Å². The molecular weight excluding hydrogens is 246 g/mol. The van der Waals surface area contributed by atoms with Crippen molar-refractivity contribution in [3.8, 4) is 0 Å². The van der Waals surface area contributed by atoms with Crippen molar-refractivity contribution in [2.45, 2.75) is 25.8 Å². The smallest absolute Gasteiger partial charge is 0.321 e. The molecule has 0 saturated carbocycles. The van der Waals surface area contributed by atoms with Gasteiger partial charge >= 0.3 is 6.03 Å². The summed E-state index contributed by atoms with van der Waals surface area (Å²) in [6.07, 6.45) is 5.11. The number of carbonyl (C=O) groups excluding carboxylic acids is 2. The molecule has 3 amide bonds. The third kappa shape index (κ3) is 4.75. The van der Waals surface area contributed by atoms with E-state index in [1.165, 1.54) is 11.3 Å². The summed E-state index contributed by atoms with van der Waals surface area (Å²) in [7, 11) is 0. The minimum atomic E-state index is -0.474. The highest BCUT2D eigenvalue weighted by Crippen LogP contribution is 1.98. The van der Waals surface area contributed by atoms with Crippen LogP contribution >= 0.6 is 0 Å². The van der Waals surface area contributed by atoms with Crippen molar-refractivity contribution < 1.29 is 18.9 Å². The van der Waals surface area contributed by atoms with Crippen LogP contribution in [0.4, 0.5) is 4.79 Å². The minimum absolute atomic E-state index is 0.228. The first kappa shape index (κ1) is 13.6. The Kier molecular flexibility index (Phi) is 4.97. The van der Waals surface area contributed by atoms with Gasteiger partial charge in [0.05, 0.1) is 25.9 Å². The predicted molar refractivity (Wildman–Crippen MR) is 68.5 cm³/mol. The van der Waals surface area contributed by atoms with Crippen LogP contribution in [0.5, 0.6) is 0 Å². The number of hydrogen-bond acceptors (Lipinski definition) is 3. The molecule has 0 unspecified atom stereocenters. The maximum absolute atomic E-state index is 11.7. The molecule has 104 valence electrons. The van der Waals surface area contributed by atoms with Gasteiger partial charge in [0.15, 0.2) is 6.54 Å². The van der Waals surface area contributed by atoms with E-state index >= 15 is 0 Å². The van der Waals surface area contributed by atoms with E-state index in [1.807, 2.05) is 0 Å². The van der Waals surface area contributed by atoms with Crippen LogP contribution in [0, 0.1) is 0 Å². The van der Waals surface area contributed by atoms with Crippen molar-refractivity contribution >= 4 is 11.9 Å². The zero-order valence-electron chi connectivity index (χ0n) is 10.9. The maximum atomic E-state index is 11.7.